The predicted molar refractivity (Wildman–Crippen MR) is 222 cm³/mol. The van der Waals surface area contributed by atoms with Gasteiger partial charge in [-0.05, 0) is 99.2 Å². The third-order valence-electron chi connectivity index (χ3n) is 8.67. The fourth-order valence-electron chi connectivity index (χ4n) is 5.36. The van der Waals surface area contributed by atoms with Crippen molar-refractivity contribution in [2.45, 2.75) is 77.4 Å². The van der Waals surface area contributed by atoms with Crippen molar-refractivity contribution in [3.63, 3.8) is 0 Å². The van der Waals surface area contributed by atoms with Crippen molar-refractivity contribution in [1.82, 2.24) is 0 Å². The highest BCUT2D eigenvalue weighted by atomic mass is 16.5. The monoisotopic (exact) mass is 741 g/mol. The molecule has 3 aromatic rings. The van der Waals surface area contributed by atoms with E-state index in [0.717, 1.165) is 74.1 Å². The van der Waals surface area contributed by atoms with E-state index in [0.29, 0.717) is 6.61 Å². The second-order valence-electron chi connectivity index (χ2n) is 17.3. The number of hydrogen-bond donors (Lipinski definition) is 3. The molecule has 0 aromatic heterocycles. The van der Waals surface area contributed by atoms with Gasteiger partial charge in [0.2, 0.25) is 0 Å². The first kappa shape index (κ1) is 48.0. The van der Waals surface area contributed by atoms with Crippen LogP contribution in [-0.4, -0.2) is 132 Å². The Labute approximate surface area is 324 Å². The average Bonchev–Trinajstić information content (AvgIpc) is 3.09. The zero-order chi connectivity index (χ0) is 39.8. The van der Waals surface area contributed by atoms with Crippen LogP contribution >= 0.6 is 0 Å². The van der Waals surface area contributed by atoms with Crippen molar-refractivity contribution >= 4 is 0 Å². The highest BCUT2D eigenvalue weighted by molar-refractivity contribution is 5.35. The van der Waals surface area contributed by atoms with E-state index >= 15 is 0 Å². The summed E-state index contributed by atoms with van der Waals surface area (Å²) in [6, 6.07) is 23.4. The highest BCUT2D eigenvalue weighted by Crippen LogP contribution is 2.24. The van der Waals surface area contributed by atoms with Crippen molar-refractivity contribution in [2.24, 2.45) is 0 Å². The van der Waals surface area contributed by atoms with Gasteiger partial charge in [0.25, 0.3) is 0 Å². The summed E-state index contributed by atoms with van der Waals surface area (Å²) < 4.78 is 14.5. The topological polar surface area (TPSA) is 79.2 Å². The normalized spacial score (nSPS) is 12.2. The average molecular weight is 741 g/mol. The molecule has 3 N–H and O–H groups in total. The Morgan fingerprint density at radius 3 is 1.25 bits per heavy atom. The molecule has 8 heteroatoms. The minimum Gasteiger partial charge on any atom is -0.494 e. The number of ether oxygens (including phenoxy) is 2. The Morgan fingerprint density at radius 1 is 0.472 bits per heavy atom. The van der Waals surface area contributed by atoms with E-state index in [9.17, 15) is 5.11 Å². The van der Waals surface area contributed by atoms with Crippen molar-refractivity contribution in [2.75, 3.05) is 103 Å². The standard InChI is InChI=1S/C22H32NO2.C14H24NO2.C9H22NO/c1-18-8-10-19(11-9-18)22(24)20-12-14-21(15-13-20)25-17-7-5-6-16-23(2,3)4;1-15(2,3)10-4-5-11-17-14-8-6-13(12-16)7-9-14;1-10(2,3)8-6-4-5-7-9-11/h8-15,22,24H,5-7,16-17H2,1-4H3;6-9,16H,4-5,10-12H2,1-3H3;11H,4-9H2,1-3H3/q3*+1. The molecule has 0 saturated carbocycles. The molecule has 300 valence electrons. The molecule has 53 heavy (non-hydrogen) atoms. The van der Waals surface area contributed by atoms with Crippen molar-refractivity contribution < 1.29 is 38.2 Å². The SMILES string of the molecule is C[N+](C)(C)CCCCCCO.C[N+](C)(C)CCCCOc1ccc(CO)cc1.Cc1ccc(C(O)c2ccc(OCCCCC[N+](C)(C)C)cc2)cc1. The Bertz CT molecular complexity index is 1310. The van der Waals surface area contributed by atoms with Crippen LogP contribution in [0, 0.1) is 6.92 Å². The number of aliphatic hydroxyl groups excluding tert-OH is 3. The Hall–Kier alpha value is -2.98. The predicted octanol–water partition coefficient (Wildman–Crippen LogP) is 7.62. The first-order valence-electron chi connectivity index (χ1n) is 19.7. The van der Waals surface area contributed by atoms with Gasteiger partial charge in [-0.3, -0.25) is 0 Å². The number of unbranched alkanes of at least 4 members (excludes halogenated alkanes) is 6. The van der Waals surface area contributed by atoms with Gasteiger partial charge in [0, 0.05) is 6.61 Å². The van der Waals surface area contributed by atoms with Crippen LogP contribution in [0.15, 0.2) is 72.8 Å². The van der Waals surface area contributed by atoms with Crippen LogP contribution in [0.1, 0.15) is 86.1 Å². The summed E-state index contributed by atoms with van der Waals surface area (Å²) in [5.74, 6) is 1.75. The first-order valence-corrected chi connectivity index (χ1v) is 19.7. The van der Waals surface area contributed by atoms with E-state index in [-0.39, 0.29) is 6.61 Å². The molecule has 0 saturated heterocycles. The highest BCUT2D eigenvalue weighted by Gasteiger charge is 2.11. The molecule has 0 spiro atoms. The fraction of sp³-hybridized carbons (Fsp3) is 0.600. The maximum atomic E-state index is 10.5. The van der Waals surface area contributed by atoms with E-state index in [1.165, 1.54) is 63.7 Å². The lowest BCUT2D eigenvalue weighted by atomic mass is 10.0. The van der Waals surface area contributed by atoms with E-state index in [2.05, 4.69) is 63.4 Å². The molecule has 3 rings (SSSR count). The second kappa shape index (κ2) is 25.9. The minimum absolute atomic E-state index is 0.0871. The summed E-state index contributed by atoms with van der Waals surface area (Å²) in [5, 5.41) is 27.9. The lowest BCUT2D eigenvalue weighted by Crippen LogP contribution is -2.35. The molecule has 0 heterocycles. The summed E-state index contributed by atoms with van der Waals surface area (Å²) in [6.07, 6.45) is 9.86. The third kappa shape index (κ3) is 26.4. The smallest absolute Gasteiger partial charge is 0.119 e. The zero-order valence-corrected chi connectivity index (χ0v) is 35.3. The Kier molecular flexibility index (Phi) is 23.5. The van der Waals surface area contributed by atoms with Gasteiger partial charge in [0.05, 0.1) is 103 Å². The van der Waals surface area contributed by atoms with Crippen LogP contribution in [0.4, 0.5) is 0 Å². The second-order valence-corrected chi connectivity index (χ2v) is 17.3. The summed E-state index contributed by atoms with van der Waals surface area (Å²) in [5.41, 5.74) is 3.92. The van der Waals surface area contributed by atoms with E-state index < -0.39 is 6.10 Å². The largest absolute Gasteiger partial charge is 0.494 e. The van der Waals surface area contributed by atoms with Crippen LogP contribution < -0.4 is 9.47 Å². The van der Waals surface area contributed by atoms with Crippen LogP contribution in [0.2, 0.25) is 0 Å². The molecule has 0 radical (unpaired) electrons. The minimum atomic E-state index is -0.592. The van der Waals surface area contributed by atoms with E-state index in [4.69, 9.17) is 19.7 Å². The summed E-state index contributed by atoms with van der Waals surface area (Å²) in [6.45, 7) is 7.61. The van der Waals surface area contributed by atoms with Crippen molar-refractivity contribution in [3.05, 3.63) is 95.1 Å². The van der Waals surface area contributed by atoms with Crippen LogP contribution in [0.3, 0.4) is 0 Å². The van der Waals surface area contributed by atoms with Crippen LogP contribution in [0.25, 0.3) is 0 Å². The number of hydrogen-bond acceptors (Lipinski definition) is 5. The molecule has 0 bridgehead atoms. The maximum absolute atomic E-state index is 10.5. The van der Waals surface area contributed by atoms with Gasteiger partial charge < -0.3 is 38.2 Å². The molecular formula is C45H78N3O5+3. The number of benzene rings is 3. The van der Waals surface area contributed by atoms with E-state index in [1.807, 2.05) is 79.7 Å². The first-order chi connectivity index (χ1) is 24.9. The molecule has 0 aliphatic rings. The van der Waals surface area contributed by atoms with Gasteiger partial charge >= 0.3 is 0 Å². The Balaban J connectivity index is 0.000000434. The summed E-state index contributed by atoms with van der Waals surface area (Å²) in [7, 11) is 19.9. The molecule has 3 aromatic carbocycles. The van der Waals surface area contributed by atoms with Crippen molar-refractivity contribution in [3.8, 4) is 11.5 Å². The zero-order valence-electron chi connectivity index (χ0n) is 35.3. The fourth-order valence-corrected chi connectivity index (χ4v) is 5.36. The molecule has 0 fully saturated rings. The molecule has 8 nitrogen and oxygen atoms in total. The molecule has 1 atom stereocenters. The van der Waals surface area contributed by atoms with E-state index in [1.54, 1.807) is 0 Å². The maximum Gasteiger partial charge on any atom is 0.119 e. The van der Waals surface area contributed by atoms with Gasteiger partial charge in [-0.25, -0.2) is 0 Å². The number of aliphatic hydroxyl groups is 3. The molecule has 0 amide bonds. The number of aryl methyl sites for hydroxylation is 1. The lowest BCUT2D eigenvalue weighted by Gasteiger charge is -2.23. The van der Waals surface area contributed by atoms with Gasteiger partial charge in [0.1, 0.15) is 17.6 Å². The van der Waals surface area contributed by atoms with Crippen LogP contribution in [-0.2, 0) is 6.61 Å². The number of rotatable bonds is 22. The van der Waals surface area contributed by atoms with Gasteiger partial charge in [-0.15, -0.1) is 0 Å². The summed E-state index contributed by atoms with van der Waals surface area (Å²) >= 11 is 0. The molecule has 0 aliphatic heterocycles. The van der Waals surface area contributed by atoms with Gasteiger partial charge in [0.15, 0.2) is 0 Å². The number of quaternary nitrogens is 3. The van der Waals surface area contributed by atoms with Gasteiger partial charge in [-0.2, -0.15) is 0 Å². The lowest BCUT2D eigenvalue weighted by molar-refractivity contribution is -0.870. The molecule has 0 aliphatic carbocycles. The molecule has 1 unspecified atom stereocenters. The van der Waals surface area contributed by atoms with Crippen LogP contribution in [0.5, 0.6) is 11.5 Å². The Morgan fingerprint density at radius 2 is 0.830 bits per heavy atom. The third-order valence-corrected chi connectivity index (χ3v) is 8.67. The molecular weight excluding hydrogens is 663 g/mol. The number of nitrogens with zero attached hydrogens (tertiary/aromatic N) is 3. The van der Waals surface area contributed by atoms with Crippen molar-refractivity contribution in [1.29, 1.82) is 0 Å². The summed E-state index contributed by atoms with van der Waals surface area (Å²) in [4.78, 5) is 0. The quantitative estimate of drug-likeness (QED) is 0.0730. The van der Waals surface area contributed by atoms with Gasteiger partial charge in [-0.1, -0.05) is 60.5 Å².